The Morgan fingerprint density at radius 2 is 1.88 bits per heavy atom. The van der Waals surface area contributed by atoms with Gasteiger partial charge >= 0.3 is 6.29 Å². The van der Waals surface area contributed by atoms with E-state index in [2.05, 4.69) is 14.8 Å². The minimum Gasteiger partial charge on any atom is -0.395 e. The van der Waals surface area contributed by atoms with Crippen LogP contribution in [0.3, 0.4) is 0 Å². The summed E-state index contributed by atoms with van der Waals surface area (Å²) in [7, 11) is 0. The molecule has 0 aliphatic carbocycles. The number of nitrogens with zero attached hydrogens (tertiary/aromatic N) is 1. The number of halogens is 3. The molecular weight excluding hydrogens is 441 g/mol. The molecule has 2 aromatic carbocycles. The number of amides is 1. The highest BCUT2D eigenvalue weighted by Crippen LogP contribution is 2.42. The summed E-state index contributed by atoms with van der Waals surface area (Å²) in [5.74, 6) is -0.983. The smallest absolute Gasteiger partial charge is 0.395 e. The summed E-state index contributed by atoms with van der Waals surface area (Å²) in [6.45, 7) is 0. The van der Waals surface area contributed by atoms with Crippen molar-refractivity contribution in [1.29, 1.82) is 0 Å². The Morgan fingerprint density at radius 3 is 2.58 bits per heavy atom. The lowest BCUT2D eigenvalue weighted by atomic mass is 10.2. The fourth-order valence-electron chi connectivity index (χ4n) is 2.03. The third-order valence-electron chi connectivity index (χ3n) is 3.06. The molecule has 0 atom stereocenters. The van der Waals surface area contributed by atoms with Crippen LogP contribution in [0.1, 0.15) is 10.4 Å². The van der Waals surface area contributed by atoms with Crippen LogP contribution in [-0.2, 0) is 0 Å². The fourth-order valence-corrected chi connectivity index (χ4v) is 2.61. The van der Waals surface area contributed by atoms with Gasteiger partial charge in [0.2, 0.25) is 0 Å². The van der Waals surface area contributed by atoms with E-state index >= 15 is 0 Å². The van der Waals surface area contributed by atoms with Gasteiger partial charge in [-0.25, -0.2) is 0 Å². The van der Waals surface area contributed by atoms with E-state index in [-0.39, 0.29) is 28.4 Å². The second-order valence-corrected chi connectivity index (χ2v) is 5.87. The van der Waals surface area contributed by atoms with Crippen molar-refractivity contribution in [2.45, 2.75) is 6.29 Å². The monoisotopic (exact) mass is 448 g/mol. The van der Waals surface area contributed by atoms with E-state index in [9.17, 15) is 23.7 Å². The number of carbonyl (C=O) groups excluding carboxylic acids is 1. The maximum atomic E-state index is 13.0. The fraction of sp³-hybridized carbons (Fsp3) is 0.0714. The van der Waals surface area contributed by atoms with Crippen LogP contribution < -0.4 is 14.8 Å². The van der Waals surface area contributed by atoms with Gasteiger partial charge in [-0.3, -0.25) is 14.9 Å². The average molecular weight is 448 g/mol. The number of benzene rings is 2. The van der Waals surface area contributed by atoms with Gasteiger partial charge in [0.15, 0.2) is 11.5 Å². The second kappa shape index (κ2) is 5.85. The lowest BCUT2D eigenvalue weighted by Crippen LogP contribution is -2.25. The first-order valence-corrected chi connectivity index (χ1v) is 7.48. The summed E-state index contributed by atoms with van der Waals surface area (Å²) in [6, 6.07) is 7.61. The number of alkyl halides is 2. The maximum absolute atomic E-state index is 13.0. The van der Waals surface area contributed by atoms with E-state index in [4.69, 9.17) is 0 Å². The van der Waals surface area contributed by atoms with Crippen molar-refractivity contribution in [2.75, 3.05) is 5.32 Å². The molecule has 24 heavy (non-hydrogen) atoms. The molecule has 2 aromatic rings. The van der Waals surface area contributed by atoms with Crippen molar-refractivity contribution in [1.82, 2.24) is 0 Å². The topological polar surface area (TPSA) is 90.7 Å². The molecule has 0 aromatic heterocycles. The molecule has 0 bridgehead atoms. The van der Waals surface area contributed by atoms with Crippen molar-refractivity contribution in [3.8, 4) is 11.5 Å². The highest BCUT2D eigenvalue weighted by atomic mass is 127. The van der Waals surface area contributed by atoms with Crippen LogP contribution in [0.25, 0.3) is 0 Å². The van der Waals surface area contributed by atoms with Crippen molar-refractivity contribution in [3.05, 3.63) is 55.6 Å². The Kier molecular flexibility index (Phi) is 3.99. The van der Waals surface area contributed by atoms with E-state index < -0.39 is 17.1 Å². The van der Waals surface area contributed by atoms with Crippen LogP contribution in [0.15, 0.2) is 36.4 Å². The van der Waals surface area contributed by atoms with Gasteiger partial charge in [0, 0.05) is 27.5 Å². The second-order valence-electron chi connectivity index (χ2n) is 4.70. The number of hydrogen-bond donors (Lipinski definition) is 1. The minimum atomic E-state index is -3.75. The number of fused-ring (bicyclic) bond motifs is 1. The third kappa shape index (κ3) is 3.22. The normalized spacial score (nSPS) is 14.3. The van der Waals surface area contributed by atoms with Crippen LogP contribution in [-0.4, -0.2) is 17.1 Å². The standard InChI is InChI=1S/C14H7F2IN2O5/c15-14(16)23-11-4-1-7(5-12(11)24-14)18-13(20)9-6-8(19(21)22)2-3-10(9)17/h1-6H,(H,18,20). The SMILES string of the molecule is O=C(Nc1ccc2c(c1)OC(F)(F)O2)c1cc([N+](=O)[O-])ccc1I. The molecule has 1 N–H and O–H groups in total. The predicted octanol–water partition coefficient (Wildman–Crippen LogP) is 3.77. The first-order chi connectivity index (χ1) is 11.2. The molecule has 0 saturated heterocycles. The minimum absolute atomic E-state index is 0.0906. The van der Waals surface area contributed by atoms with E-state index in [0.717, 1.165) is 6.07 Å². The van der Waals surface area contributed by atoms with Gasteiger partial charge in [-0.05, 0) is 40.8 Å². The van der Waals surface area contributed by atoms with E-state index in [0.29, 0.717) is 3.57 Å². The van der Waals surface area contributed by atoms with E-state index in [1.165, 1.54) is 30.3 Å². The molecule has 1 amide bonds. The number of carbonyl (C=O) groups is 1. The van der Waals surface area contributed by atoms with Gasteiger partial charge < -0.3 is 14.8 Å². The quantitative estimate of drug-likeness (QED) is 0.439. The van der Waals surface area contributed by atoms with Crippen LogP contribution in [0.5, 0.6) is 11.5 Å². The Balaban J connectivity index is 1.84. The molecule has 1 heterocycles. The molecule has 7 nitrogen and oxygen atoms in total. The number of ether oxygens (including phenoxy) is 2. The molecular formula is C14H7F2IN2O5. The first-order valence-electron chi connectivity index (χ1n) is 6.40. The van der Waals surface area contributed by atoms with E-state index in [1.54, 1.807) is 0 Å². The molecule has 10 heteroatoms. The summed E-state index contributed by atoms with van der Waals surface area (Å²) >= 11 is 1.86. The largest absolute Gasteiger partial charge is 0.586 e. The molecule has 0 fully saturated rings. The van der Waals surface area contributed by atoms with Crippen molar-refractivity contribution >= 4 is 39.9 Å². The number of rotatable bonds is 3. The van der Waals surface area contributed by atoms with Gasteiger partial charge in [-0.2, -0.15) is 0 Å². The van der Waals surface area contributed by atoms with Gasteiger partial charge in [0.25, 0.3) is 11.6 Å². The number of nitro groups is 1. The lowest BCUT2D eigenvalue weighted by molar-refractivity contribution is -0.384. The van der Waals surface area contributed by atoms with Crippen LogP contribution in [0.2, 0.25) is 0 Å². The van der Waals surface area contributed by atoms with Crippen LogP contribution in [0.4, 0.5) is 20.2 Å². The lowest BCUT2D eigenvalue weighted by Gasteiger charge is -2.07. The zero-order valence-electron chi connectivity index (χ0n) is 11.6. The van der Waals surface area contributed by atoms with Crippen LogP contribution in [0, 0.1) is 13.7 Å². The molecule has 1 aliphatic heterocycles. The number of non-ortho nitro benzene ring substituents is 1. The van der Waals surface area contributed by atoms with Crippen LogP contribution >= 0.6 is 22.6 Å². The summed E-state index contributed by atoms with van der Waals surface area (Å²) in [5, 5.41) is 13.3. The Hall–Kier alpha value is -2.50. The van der Waals surface area contributed by atoms with Crippen molar-refractivity contribution in [2.24, 2.45) is 0 Å². The molecule has 0 unspecified atom stereocenters. The Labute approximate surface area is 146 Å². The summed E-state index contributed by atoms with van der Waals surface area (Å²) < 4.78 is 35.0. The zero-order chi connectivity index (χ0) is 17.5. The van der Waals surface area contributed by atoms with Crippen molar-refractivity contribution < 1.29 is 28.0 Å². The summed E-state index contributed by atoms with van der Waals surface area (Å²) in [6.07, 6.45) is -3.75. The molecule has 3 rings (SSSR count). The molecule has 124 valence electrons. The van der Waals surface area contributed by atoms with Gasteiger partial charge in [0.1, 0.15) is 0 Å². The Morgan fingerprint density at radius 1 is 1.17 bits per heavy atom. The molecule has 0 saturated carbocycles. The number of hydrogen-bond acceptors (Lipinski definition) is 5. The molecule has 1 aliphatic rings. The first kappa shape index (κ1) is 16.4. The summed E-state index contributed by atoms with van der Waals surface area (Å²) in [4.78, 5) is 22.5. The third-order valence-corrected chi connectivity index (χ3v) is 4.01. The Bertz CT molecular complexity index is 859. The van der Waals surface area contributed by atoms with E-state index in [1.807, 2.05) is 22.6 Å². The van der Waals surface area contributed by atoms with Gasteiger partial charge in [-0.1, -0.05) is 0 Å². The zero-order valence-corrected chi connectivity index (χ0v) is 13.7. The highest BCUT2D eigenvalue weighted by molar-refractivity contribution is 14.1. The average Bonchev–Trinajstić information content (AvgIpc) is 2.80. The van der Waals surface area contributed by atoms with Gasteiger partial charge in [0.05, 0.1) is 10.5 Å². The predicted molar refractivity (Wildman–Crippen MR) is 86.4 cm³/mol. The maximum Gasteiger partial charge on any atom is 0.586 e. The number of anilines is 1. The summed E-state index contributed by atoms with van der Waals surface area (Å²) in [5.41, 5.74) is 0.0426. The number of nitrogens with one attached hydrogen (secondary N) is 1. The number of nitro benzene ring substituents is 1. The molecule has 0 radical (unpaired) electrons. The van der Waals surface area contributed by atoms with Gasteiger partial charge in [-0.15, -0.1) is 8.78 Å². The molecule has 0 spiro atoms. The highest BCUT2D eigenvalue weighted by Gasteiger charge is 2.43. The van der Waals surface area contributed by atoms with Crippen molar-refractivity contribution in [3.63, 3.8) is 0 Å².